The fourth-order valence-electron chi connectivity index (χ4n) is 2.92. The fourth-order valence-corrected chi connectivity index (χ4v) is 3.12. The lowest BCUT2D eigenvalue weighted by Crippen LogP contribution is -2.34. The monoisotopic (exact) mass is 321 g/mol. The molecule has 0 unspecified atom stereocenters. The molecule has 1 aromatic heterocycles. The van der Waals surface area contributed by atoms with Crippen molar-refractivity contribution in [3.63, 3.8) is 0 Å². The van der Waals surface area contributed by atoms with Gasteiger partial charge in [-0.3, -0.25) is 0 Å². The van der Waals surface area contributed by atoms with Crippen LogP contribution in [0.4, 0.5) is 0 Å². The van der Waals surface area contributed by atoms with E-state index in [2.05, 4.69) is 21.9 Å². The first-order chi connectivity index (χ1) is 10.7. The SMILES string of the molecule is COc1cc2c(Cl)ncnc2cc1OC[C@@H]1CCCN(C)C1. The lowest BCUT2D eigenvalue weighted by atomic mass is 9.99. The minimum Gasteiger partial charge on any atom is -0.493 e. The first-order valence-electron chi connectivity index (χ1n) is 7.47. The molecule has 1 aliphatic heterocycles. The van der Waals surface area contributed by atoms with E-state index in [1.807, 2.05) is 12.1 Å². The van der Waals surface area contributed by atoms with Crippen LogP contribution < -0.4 is 9.47 Å². The van der Waals surface area contributed by atoms with E-state index in [0.717, 1.165) is 17.4 Å². The Kier molecular flexibility index (Phi) is 4.64. The standard InChI is InChI=1S/C16H20ClN3O2/c1-20-5-3-4-11(8-20)9-22-15-7-13-12(6-14(15)21-2)16(17)19-10-18-13/h6-7,10-11H,3-5,8-9H2,1-2H3/t11-/m1/s1. The first-order valence-corrected chi connectivity index (χ1v) is 7.84. The summed E-state index contributed by atoms with van der Waals surface area (Å²) in [6, 6.07) is 3.70. The summed E-state index contributed by atoms with van der Waals surface area (Å²) < 4.78 is 11.4. The van der Waals surface area contributed by atoms with E-state index in [4.69, 9.17) is 21.1 Å². The summed E-state index contributed by atoms with van der Waals surface area (Å²) >= 11 is 6.10. The molecule has 0 aliphatic carbocycles. The molecule has 1 saturated heterocycles. The van der Waals surface area contributed by atoms with E-state index in [1.165, 1.54) is 25.7 Å². The molecule has 2 aromatic rings. The maximum Gasteiger partial charge on any atom is 0.163 e. The predicted octanol–water partition coefficient (Wildman–Crippen LogP) is 3.01. The molecular formula is C16H20ClN3O2. The Balaban J connectivity index is 1.80. The van der Waals surface area contributed by atoms with Crippen LogP contribution in [-0.2, 0) is 0 Å². The average molecular weight is 322 g/mol. The van der Waals surface area contributed by atoms with Crippen LogP contribution in [-0.4, -0.2) is 48.7 Å². The Morgan fingerprint density at radius 2 is 2.18 bits per heavy atom. The van der Waals surface area contributed by atoms with E-state index < -0.39 is 0 Å². The van der Waals surface area contributed by atoms with Gasteiger partial charge in [-0.2, -0.15) is 0 Å². The zero-order valence-electron chi connectivity index (χ0n) is 12.9. The average Bonchev–Trinajstić information content (AvgIpc) is 2.52. The Bertz CT molecular complexity index is 665. The number of methoxy groups -OCH3 is 1. The molecule has 0 amide bonds. The highest BCUT2D eigenvalue weighted by molar-refractivity contribution is 6.34. The van der Waals surface area contributed by atoms with Crippen LogP contribution in [0.5, 0.6) is 11.5 Å². The molecule has 0 radical (unpaired) electrons. The Labute approximate surface area is 135 Å². The summed E-state index contributed by atoms with van der Waals surface area (Å²) in [6.45, 7) is 2.93. The van der Waals surface area contributed by atoms with Gasteiger partial charge in [0.15, 0.2) is 11.5 Å². The smallest absolute Gasteiger partial charge is 0.163 e. The van der Waals surface area contributed by atoms with Gasteiger partial charge in [0.2, 0.25) is 0 Å². The third-order valence-corrected chi connectivity index (χ3v) is 4.37. The van der Waals surface area contributed by atoms with Crippen molar-refractivity contribution in [3.05, 3.63) is 23.6 Å². The fraction of sp³-hybridized carbons (Fsp3) is 0.500. The Morgan fingerprint density at radius 3 is 2.95 bits per heavy atom. The third kappa shape index (κ3) is 3.25. The van der Waals surface area contributed by atoms with Crippen molar-refractivity contribution in [3.8, 4) is 11.5 Å². The number of rotatable bonds is 4. The van der Waals surface area contributed by atoms with E-state index in [-0.39, 0.29) is 0 Å². The van der Waals surface area contributed by atoms with Crippen LogP contribution in [0.3, 0.4) is 0 Å². The summed E-state index contributed by atoms with van der Waals surface area (Å²) in [7, 11) is 3.78. The van der Waals surface area contributed by atoms with Gasteiger partial charge in [-0.15, -0.1) is 0 Å². The van der Waals surface area contributed by atoms with Gasteiger partial charge in [-0.05, 0) is 32.5 Å². The largest absolute Gasteiger partial charge is 0.493 e. The molecular weight excluding hydrogens is 302 g/mol. The van der Waals surface area contributed by atoms with Crippen molar-refractivity contribution >= 4 is 22.5 Å². The highest BCUT2D eigenvalue weighted by Gasteiger charge is 2.19. The molecule has 0 N–H and O–H groups in total. The van der Waals surface area contributed by atoms with Gasteiger partial charge < -0.3 is 14.4 Å². The molecule has 3 rings (SSSR count). The molecule has 6 heteroatoms. The van der Waals surface area contributed by atoms with Gasteiger partial charge in [-0.25, -0.2) is 9.97 Å². The number of hydrogen-bond donors (Lipinski definition) is 0. The lowest BCUT2D eigenvalue weighted by molar-refractivity contribution is 0.148. The molecule has 1 fully saturated rings. The minimum absolute atomic E-state index is 0.420. The van der Waals surface area contributed by atoms with Crippen molar-refractivity contribution in [2.45, 2.75) is 12.8 Å². The summed E-state index contributed by atoms with van der Waals surface area (Å²) in [5.41, 5.74) is 0.761. The van der Waals surface area contributed by atoms with Crippen molar-refractivity contribution in [1.29, 1.82) is 0 Å². The number of aromatic nitrogens is 2. The number of likely N-dealkylation sites (tertiary alicyclic amines) is 1. The van der Waals surface area contributed by atoms with E-state index in [1.54, 1.807) is 7.11 Å². The van der Waals surface area contributed by atoms with Crippen molar-refractivity contribution in [1.82, 2.24) is 14.9 Å². The number of piperidine rings is 1. The molecule has 5 nitrogen and oxygen atoms in total. The zero-order valence-corrected chi connectivity index (χ0v) is 13.6. The summed E-state index contributed by atoms with van der Waals surface area (Å²) in [5.74, 6) is 1.92. The summed E-state index contributed by atoms with van der Waals surface area (Å²) in [4.78, 5) is 10.6. The maximum absolute atomic E-state index is 6.10. The van der Waals surface area contributed by atoms with Crippen molar-refractivity contribution in [2.75, 3.05) is 33.9 Å². The number of fused-ring (bicyclic) bond motifs is 1. The second-order valence-corrected chi connectivity index (χ2v) is 6.12. The van der Waals surface area contributed by atoms with E-state index in [0.29, 0.717) is 29.2 Å². The number of nitrogens with zero attached hydrogens (tertiary/aromatic N) is 3. The van der Waals surface area contributed by atoms with Crippen LogP contribution in [0.25, 0.3) is 10.9 Å². The van der Waals surface area contributed by atoms with Crippen LogP contribution in [0.1, 0.15) is 12.8 Å². The third-order valence-electron chi connectivity index (χ3n) is 4.07. The second-order valence-electron chi connectivity index (χ2n) is 5.77. The van der Waals surface area contributed by atoms with E-state index >= 15 is 0 Å². The summed E-state index contributed by atoms with van der Waals surface area (Å²) in [6.07, 6.45) is 3.88. The Hall–Kier alpha value is -1.59. The van der Waals surface area contributed by atoms with Crippen LogP contribution in [0.15, 0.2) is 18.5 Å². The Morgan fingerprint density at radius 1 is 1.32 bits per heavy atom. The molecule has 0 spiro atoms. The number of ether oxygens (including phenoxy) is 2. The number of hydrogen-bond acceptors (Lipinski definition) is 5. The van der Waals surface area contributed by atoms with E-state index in [9.17, 15) is 0 Å². The van der Waals surface area contributed by atoms with Gasteiger partial charge in [0, 0.05) is 23.9 Å². The zero-order chi connectivity index (χ0) is 15.5. The van der Waals surface area contributed by atoms with Crippen molar-refractivity contribution < 1.29 is 9.47 Å². The molecule has 1 aromatic carbocycles. The highest BCUT2D eigenvalue weighted by atomic mass is 35.5. The molecule has 118 valence electrons. The van der Waals surface area contributed by atoms with Crippen LogP contribution >= 0.6 is 11.6 Å². The topological polar surface area (TPSA) is 47.5 Å². The molecule has 0 saturated carbocycles. The number of halogens is 1. The van der Waals surface area contributed by atoms with Gasteiger partial charge in [-0.1, -0.05) is 11.6 Å². The van der Waals surface area contributed by atoms with Gasteiger partial charge in [0.25, 0.3) is 0 Å². The quantitative estimate of drug-likeness (QED) is 0.810. The molecule has 1 aliphatic rings. The molecule has 22 heavy (non-hydrogen) atoms. The maximum atomic E-state index is 6.10. The first kappa shape index (κ1) is 15.3. The normalized spacial score (nSPS) is 19.3. The minimum atomic E-state index is 0.420. The van der Waals surface area contributed by atoms with Crippen LogP contribution in [0, 0.1) is 5.92 Å². The highest BCUT2D eigenvalue weighted by Crippen LogP contribution is 2.34. The molecule has 2 heterocycles. The van der Waals surface area contributed by atoms with Gasteiger partial charge >= 0.3 is 0 Å². The predicted molar refractivity (Wildman–Crippen MR) is 86.8 cm³/mol. The lowest BCUT2D eigenvalue weighted by Gasteiger charge is -2.29. The summed E-state index contributed by atoms with van der Waals surface area (Å²) in [5, 5.41) is 1.19. The second kappa shape index (κ2) is 6.67. The van der Waals surface area contributed by atoms with Crippen LogP contribution in [0.2, 0.25) is 5.15 Å². The molecule has 0 bridgehead atoms. The van der Waals surface area contributed by atoms with Gasteiger partial charge in [0.05, 0.1) is 19.2 Å². The van der Waals surface area contributed by atoms with Gasteiger partial charge in [0.1, 0.15) is 11.5 Å². The van der Waals surface area contributed by atoms with Crippen molar-refractivity contribution in [2.24, 2.45) is 5.92 Å². The molecule has 1 atom stereocenters. The number of benzene rings is 1.